The van der Waals surface area contributed by atoms with Crippen LogP contribution in [0.3, 0.4) is 0 Å². The molecule has 1 aromatic carbocycles. The molecule has 0 amide bonds. The van der Waals surface area contributed by atoms with Crippen LogP contribution in [0, 0.1) is 23.0 Å². The molecule has 1 N–H and O–H groups in total. The molecule has 2 nitrogen and oxygen atoms in total. The first-order chi connectivity index (χ1) is 9.10. The fraction of sp³-hybridized carbons (Fsp3) is 0.154. The van der Waals surface area contributed by atoms with E-state index in [-0.39, 0.29) is 17.7 Å². The number of hydrogen-bond acceptors (Lipinski definition) is 3. The second kappa shape index (κ2) is 6.11. The first kappa shape index (κ1) is 13.9. The molecule has 0 bridgehead atoms. The van der Waals surface area contributed by atoms with Crippen molar-refractivity contribution in [3.63, 3.8) is 0 Å². The molecular weight excluding hydrogens is 290 g/mol. The SMILES string of the molecule is N#Cc1cc(F)c(CNCc2ccc(Cl)s2)c(F)c1. The summed E-state index contributed by atoms with van der Waals surface area (Å²) in [5.41, 5.74) is -0.0922. The topological polar surface area (TPSA) is 35.8 Å². The van der Waals surface area contributed by atoms with Crippen LogP contribution in [0.2, 0.25) is 4.34 Å². The van der Waals surface area contributed by atoms with Crippen LogP contribution in [0.15, 0.2) is 24.3 Å². The van der Waals surface area contributed by atoms with E-state index in [1.807, 2.05) is 6.07 Å². The average Bonchev–Trinajstić information content (AvgIpc) is 2.78. The average molecular weight is 299 g/mol. The third-order valence-electron chi connectivity index (χ3n) is 2.50. The van der Waals surface area contributed by atoms with Crippen molar-refractivity contribution in [3.05, 3.63) is 56.2 Å². The maximum atomic E-state index is 13.6. The summed E-state index contributed by atoms with van der Waals surface area (Å²) in [6, 6.07) is 7.39. The number of nitrogens with one attached hydrogen (secondary N) is 1. The fourth-order valence-corrected chi connectivity index (χ4v) is 2.65. The molecule has 6 heteroatoms. The predicted octanol–water partition coefficient (Wildman–Crippen LogP) is 3.84. The zero-order valence-corrected chi connectivity index (χ0v) is 11.3. The van der Waals surface area contributed by atoms with Crippen LogP contribution in [0.4, 0.5) is 8.78 Å². The lowest BCUT2D eigenvalue weighted by atomic mass is 10.1. The lowest BCUT2D eigenvalue weighted by Crippen LogP contribution is -2.14. The van der Waals surface area contributed by atoms with E-state index in [1.165, 1.54) is 11.3 Å². The first-order valence-corrected chi connectivity index (χ1v) is 6.62. The maximum Gasteiger partial charge on any atom is 0.131 e. The summed E-state index contributed by atoms with van der Waals surface area (Å²) >= 11 is 7.19. The second-order valence-electron chi connectivity index (χ2n) is 3.84. The molecule has 0 fully saturated rings. The van der Waals surface area contributed by atoms with Gasteiger partial charge in [-0.3, -0.25) is 0 Å². The van der Waals surface area contributed by atoms with Gasteiger partial charge in [0.1, 0.15) is 11.6 Å². The monoisotopic (exact) mass is 298 g/mol. The highest BCUT2D eigenvalue weighted by molar-refractivity contribution is 7.16. The summed E-state index contributed by atoms with van der Waals surface area (Å²) in [4.78, 5) is 0.986. The maximum absolute atomic E-state index is 13.6. The molecule has 0 aliphatic rings. The van der Waals surface area contributed by atoms with E-state index in [1.54, 1.807) is 12.1 Å². The van der Waals surface area contributed by atoms with Crippen molar-refractivity contribution >= 4 is 22.9 Å². The highest BCUT2D eigenvalue weighted by atomic mass is 35.5. The predicted molar refractivity (Wildman–Crippen MR) is 70.9 cm³/mol. The van der Waals surface area contributed by atoms with E-state index < -0.39 is 11.6 Å². The van der Waals surface area contributed by atoms with Crippen LogP contribution in [0.25, 0.3) is 0 Å². The molecule has 1 heterocycles. The lowest BCUT2D eigenvalue weighted by molar-refractivity contribution is 0.535. The van der Waals surface area contributed by atoms with Crippen LogP contribution in [0.5, 0.6) is 0 Å². The van der Waals surface area contributed by atoms with Gasteiger partial charge in [-0.15, -0.1) is 11.3 Å². The Labute approximate surface area is 118 Å². The standard InChI is InChI=1S/C13H9ClF2N2S/c14-13-2-1-9(19-13)6-18-7-10-11(15)3-8(5-17)4-12(10)16/h1-4,18H,6-7H2. The van der Waals surface area contributed by atoms with Gasteiger partial charge in [0.15, 0.2) is 0 Å². The van der Waals surface area contributed by atoms with Gasteiger partial charge in [-0.2, -0.15) is 5.26 Å². The molecule has 19 heavy (non-hydrogen) atoms. The minimum Gasteiger partial charge on any atom is -0.308 e. The van der Waals surface area contributed by atoms with Crippen LogP contribution >= 0.6 is 22.9 Å². The zero-order valence-electron chi connectivity index (χ0n) is 9.71. The molecule has 0 atom stereocenters. The van der Waals surface area contributed by atoms with Gasteiger partial charge in [0.05, 0.1) is 16.0 Å². The van der Waals surface area contributed by atoms with Crippen LogP contribution in [0.1, 0.15) is 16.0 Å². The summed E-state index contributed by atoms with van der Waals surface area (Å²) in [5.74, 6) is -1.43. The molecule has 0 aliphatic carbocycles. The highest BCUT2D eigenvalue weighted by Gasteiger charge is 2.11. The van der Waals surface area contributed by atoms with Crippen molar-refractivity contribution in [1.29, 1.82) is 5.26 Å². The number of thiophene rings is 1. The highest BCUT2D eigenvalue weighted by Crippen LogP contribution is 2.21. The second-order valence-corrected chi connectivity index (χ2v) is 5.64. The van der Waals surface area contributed by atoms with Crippen LogP contribution in [-0.4, -0.2) is 0 Å². The number of nitriles is 1. The molecule has 0 aliphatic heterocycles. The molecule has 98 valence electrons. The van der Waals surface area contributed by atoms with Gasteiger partial charge in [0, 0.05) is 23.5 Å². The number of hydrogen-bond donors (Lipinski definition) is 1. The first-order valence-electron chi connectivity index (χ1n) is 5.43. The largest absolute Gasteiger partial charge is 0.308 e. The van der Waals surface area contributed by atoms with Gasteiger partial charge in [0.25, 0.3) is 0 Å². The number of benzene rings is 1. The Morgan fingerprint density at radius 2 is 1.89 bits per heavy atom. The van der Waals surface area contributed by atoms with Crippen molar-refractivity contribution < 1.29 is 8.78 Å². The Bertz CT molecular complexity index is 611. The molecule has 2 rings (SSSR count). The van der Waals surface area contributed by atoms with E-state index in [4.69, 9.17) is 16.9 Å². The van der Waals surface area contributed by atoms with E-state index in [0.29, 0.717) is 10.9 Å². The zero-order chi connectivity index (χ0) is 13.8. The molecule has 2 aromatic rings. The number of rotatable bonds is 4. The van der Waals surface area contributed by atoms with Crippen molar-refractivity contribution in [2.24, 2.45) is 0 Å². The summed E-state index contributed by atoms with van der Waals surface area (Å²) in [7, 11) is 0. The van der Waals surface area contributed by atoms with E-state index >= 15 is 0 Å². The van der Waals surface area contributed by atoms with Crippen molar-refractivity contribution in [1.82, 2.24) is 5.32 Å². The molecule has 0 spiro atoms. The Kier molecular flexibility index (Phi) is 4.48. The summed E-state index contributed by atoms with van der Waals surface area (Å²) in [6.07, 6.45) is 0. The number of halogens is 3. The minimum absolute atomic E-state index is 0.0243. The van der Waals surface area contributed by atoms with Crippen LogP contribution in [-0.2, 0) is 13.1 Å². The van der Waals surface area contributed by atoms with Crippen molar-refractivity contribution in [2.45, 2.75) is 13.1 Å². The van der Waals surface area contributed by atoms with Gasteiger partial charge >= 0.3 is 0 Å². The van der Waals surface area contributed by atoms with E-state index in [9.17, 15) is 8.78 Å². The van der Waals surface area contributed by atoms with Crippen molar-refractivity contribution in [2.75, 3.05) is 0 Å². The normalized spacial score (nSPS) is 10.4. The Morgan fingerprint density at radius 3 is 2.42 bits per heavy atom. The van der Waals surface area contributed by atoms with Gasteiger partial charge in [-0.05, 0) is 24.3 Å². The molecule has 1 aromatic heterocycles. The number of nitrogens with zero attached hydrogens (tertiary/aromatic N) is 1. The smallest absolute Gasteiger partial charge is 0.131 e. The fourth-order valence-electron chi connectivity index (χ4n) is 1.59. The summed E-state index contributed by atoms with van der Waals surface area (Å²) < 4.78 is 27.8. The van der Waals surface area contributed by atoms with E-state index in [2.05, 4.69) is 5.32 Å². The molecule has 0 radical (unpaired) electrons. The molecule has 0 saturated heterocycles. The van der Waals surface area contributed by atoms with Gasteiger partial charge in [0.2, 0.25) is 0 Å². The van der Waals surface area contributed by atoms with Gasteiger partial charge in [-0.25, -0.2) is 8.78 Å². The molecule has 0 saturated carbocycles. The van der Waals surface area contributed by atoms with Crippen molar-refractivity contribution in [3.8, 4) is 6.07 Å². The Hall–Kier alpha value is -1.48. The third kappa shape index (κ3) is 3.51. The summed E-state index contributed by atoms with van der Waals surface area (Å²) in [6.45, 7) is 0.537. The molecular formula is C13H9ClF2N2S. The van der Waals surface area contributed by atoms with Gasteiger partial charge in [-0.1, -0.05) is 11.6 Å². The van der Waals surface area contributed by atoms with E-state index in [0.717, 1.165) is 17.0 Å². The molecule has 0 unspecified atom stereocenters. The Morgan fingerprint density at radius 1 is 1.21 bits per heavy atom. The van der Waals surface area contributed by atoms with Gasteiger partial charge < -0.3 is 5.32 Å². The summed E-state index contributed by atoms with van der Waals surface area (Å²) in [5, 5.41) is 11.5. The minimum atomic E-state index is -0.715. The Balaban J connectivity index is 2.02. The van der Waals surface area contributed by atoms with Crippen LogP contribution < -0.4 is 5.32 Å². The quantitative estimate of drug-likeness (QED) is 0.931. The lowest BCUT2D eigenvalue weighted by Gasteiger charge is -2.06. The third-order valence-corrected chi connectivity index (χ3v) is 3.73.